The summed E-state index contributed by atoms with van der Waals surface area (Å²) < 4.78 is 0. The number of hydrogen-bond acceptors (Lipinski definition) is 1. The second-order valence-corrected chi connectivity index (χ2v) is 38.6. The van der Waals surface area contributed by atoms with Crippen molar-refractivity contribution in [2.45, 2.75) is 88.4 Å². The van der Waals surface area contributed by atoms with E-state index in [0.29, 0.717) is 28.6 Å². The average molecular weight is 1190 g/mol. The third kappa shape index (κ3) is 2.32. The van der Waals surface area contributed by atoms with Crippen LogP contribution in [0.3, 0.4) is 0 Å². The summed E-state index contributed by atoms with van der Waals surface area (Å²) in [5.41, 5.74) is 16.5. The average Bonchev–Trinajstić information content (AvgIpc) is 1.39. The van der Waals surface area contributed by atoms with Crippen LogP contribution in [0.1, 0.15) is 111 Å². The Kier molecular flexibility index (Phi) is 3.81. The maximum atomic E-state index is 12.5. The van der Waals surface area contributed by atoms with Crippen LogP contribution in [-0.2, 0) is 15.6 Å². The summed E-state index contributed by atoms with van der Waals surface area (Å²) in [7, 11) is 0. The first kappa shape index (κ1) is 39.1. The van der Waals surface area contributed by atoms with Crippen molar-refractivity contribution in [3.63, 3.8) is 0 Å². The third-order valence-corrected chi connectivity index (χ3v) is 39.1. The predicted molar refractivity (Wildman–Crippen MR) is 391 cm³/mol. The van der Waals surface area contributed by atoms with Crippen molar-refractivity contribution >= 4 is 302 Å². The molecule has 0 aromatic heterocycles. The Morgan fingerprint density at radius 2 is 0.663 bits per heavy atom. The van der Waals surface area contributed by atoms with Crippen molar-refractivity contribution in [1.82, 2.24) is 0 Å². The van der Waals surface area contributed by atoms with Crippen LogP contribution in [-0.4, -0.2) is 5.91 Å². The van der Waals surface area contributed by atoms with Gasteiger partial charge in [0.2, 0.25) is 5.91 Å². The van der Waals surface area contributed by atoms with Gasteiger partial charge < -0.3 is 5.32 Å². The van der Waals surface area contributed by atoms with Crippen LogP contribution >= 0.6 is 0 Å². The Labute approximate surface area is 530 Å². The van der Waals surface area contributed by atoms with Gasteiger partial charge in [-0.3, -0.25) is 4.79 Å². The molecule has 29 aromatic carbocycles. The molecular formula is C93H39NO. The number of carbonyl (C=O) groups excluding carboxylic acids is 1. The van der Waals surface area contributed by atoms with Gasteiger partial charge in [0.1, 0.15) is 0 Å². The first-order valence-corrected chi connectivity index (χ1v) is 37.8. The quantitative estimate of drug-likeness (QED) is 0.0991. The molecule has 6 bridgehead atoms. The second-order valence-electron chi connectivity index (χ2n) is 38.6. The molecule has 14 aliphatic rings. The van der Waals surface area contributed by atoms with E-state index < -0.39 is 0 Å². The summed E-state index contributed by atoms with van der Waals surface area (Å²) in [4.78, 5) is 12.5. The highest BCUT2D eigenvalue weighted by Crippen LogP contribution is 2.97. The van der Waals surface area contributed by atoms with Crippen LogP contribution < -0.4 is 5.32 Å². The minimum Gasteiger partial charge on any atom is -0.326 e. The molecule has 0 saturated heterocycles. The fourth-order valence-corrected chi connectivity index (χ4v) is 39.3. The molecule has 6 saturated carbocycles. The van der Waals surface area contributed by atoms with E-state index in [1.54, 1.807) is 309 Å². The van der Waals surface area contributed by atoms with E-state index in [1.165, 1.54) is 44.9 Å². The maximum absolute atomic E-state index is 12.5. The molecule has 0 heterocycles. The molecule has 6 fully saturated rings. The molecule has 1 N–H and O–H groups in total. The van der Waals surface area contributed by atoms with Crippen molar-refractivity contribution < 1.29 is 4.79 Å². The summed E-state index contributed by atoms with van der Waals surface area (Å²) in [6.07, 6.45) is 9.69. The molecule has 0 radical (unpaired) electrons. The number of fused-ring (bicyclic) bond motifs is 19. The van der Waals surface area contributed by atoms with Gasteiger partial charge in [0.25, 0.3) is 0 Å². The molecule has 422 valence electrons. The highest BCUT2D eigenvalue weighted by Gasteiger charge is 2.90. The van der Waals surface area contributed by atoms with E-state index in [2.05, 4.69) is 42.9 Å². The fourth-order valence-electron chi connectivity index (χ4n) is 39.3. The van der Waals surface area contributed by atoms with E-state index in [9.17, 15) is 4.79 Å². The van der Waals surface area contributed by atoms with Gasteiger partial charge in [0.15, 0.2) is 0 Å². The van der Waals surface area contributed by atoms with E-state index in [-0.39, 0.29) is 16.7 Å². The molecule has 43 rings (SSSR count). The normalized spacial score (nSPS) is 36.5. The number of hydrogen-bond donors (Lipinski definition) is 1. The van der Waals surface area contributed by atoms with Crippen LogP contribution in [0.15, 0.2) is 29.3 Å². The number of allylic oxidation sites excluding steroid dienone is 2. The third-order valence-electron chi connectivity index (χ3n) is 39.1. The van der Waals surface area contributed by atoms with E-state index in [0.717, 1.165) is 58.9 Å². The molecule has 95 heavy (non-hydrogen) atoms. The molecular weight excluding hydrogens is 1150 g/mol. The number of anilines is 1. The Balaban J connectivity index is 0.706. The Morgan fingerprint density at radius 1 is 0.347 bits per heavy atom. The first-order valence-electron chi connectivity index (χ1n) is 37.8. The van der Waals surface area contributed by atoms with Gasteiger partial charge in [0, 0.05) is 23.4 Å². The topological polar surface area (TPSA) is 29.1 Å². The first-order chi connectivity index (χ1) is 46.9. The van der Waals surface area contributed by atoms with Crippen molar-refractivity contribution in [1.29, 1.82) is 0 Å². The molecule has 14 atom stereocenters. The largest absolute Gasteiger partial charge is 0.326 e. The van der Waals surface area contributed by atoms with Crippen LogP contribution in [0.5, 0.6) is 0 Å². The van der Waals surface area contributed by atoms with Crippen LogP contribution in [0.25, 0.3) is 291 Å². The van der Waals surface area contributed by atoms with E-state index in [4.69, 9.17) is 0 Å². The second kappa shape index (κ2) is 9.27. The van der Waals surface area contributed by atoms with Crippen molar-refractivity contribution in [2.75, 3.05) is 5.32 Å². The highest BCUT2D eigenvalue weighted by molar-refractivity contribution is 6.82. The Morgan fingerprint density at radius 3 is 1.01 bits per heavy atom. The standard InChI is InChI=1S/C93H39NO/c1-14(95)94-17-5-7-18-20(9-17)22-10-21(18)82-83(22)91(3)84-23-11-24(85(84)90(82,91)2)27-19-6-4-15(26(23)27)8-16-12-92-86-74-66-56-46-38-30-28-29-32-36-34(30)42-50-44(36)54-48-40(32)41-33(29)37-35-31(28)39(38)47-53-43(35)51-45(37)55-49(41)59-58(48)68-62(54)72-64(50)70(60(66)52(42)46)76(86)80(72)88-78(68)79-69(59)63(55)73-65(51)71-61(53)67(57(47)56)75(74)87(92)77(71)81(73)89(79)93(88,92)13-25(16)19/h5,7,9,15,19,21-24,26-27,82-85H,4,6,8,10-13H2,1-3H3,(H,94,95)/t15-,19+,21-,22+,23-,24+,26+,27-,82-,83+,84-,85+,90-,91+,92?,93?/m0/s1. The van der Waals surface area contributed by atoms with Gasteiger partial charge in [-0.2, -0.15) is 0 Å². The monoisotopic (exact) mass is 1190 g/mol. The van der Waals surface area contributed by atoms with Crippen LogP contribution in [0.4, 0.5) is 5.69 Å². The minimum atomic E-state index is -0.173. The lowest BCUT2D eigenvalue weighted by Gasteiger charge is -2.85. The lowest BCUT2D eigenvalue weighted by Crippen LogP contribution is -2.81. The molecule has 29 aromatic rings. The predicted octanol–water partition coefficient (Wildman–Crippen LogP) is 23.4. The number of benzene rings is 19. The van der Waals surface area contributed by atoms with Crippen LogP contribution in [0, 0.1) is 70.0 Å². The summed E-state index contributed by atoms with van der Waals surface area (Å²) in [5, 5.41) is 96.6. The Hall–Kier alpha value is -9.11. The molecule has 2 nitrogen and oxygen atoms in total. The molecule has 1 amide bonds. The smallest absolute Gasteiger partial charge is 0.221 e. The highest BCUT2D eigenvalue weighted by atomic mass is 16.1. The number of carbonyl (C=O) groups is 1. The van der Waals surface area contributed by atoms with E-state index in [1.807, 2.05) is 27.8 Å². The van der Waals surface area contributed by atoms with Gasteiger partial charge in [-0.1, -0.05) is 31.1 Å². The summed E-state index contributed by atoms with van der Waals surface area (Å²) in [6, 6.07) is 7.15. The SMILES string of the molecule is CC(=O)Nc1ccc2c(c1)[C@H]1C[C@@H]2[C@H]2[C@@H]1[C@]1(C)[C@H]3[C@H]4C[C@H]([C@H]5[C@@H]4[C@H]4CC[C@@H]5C5=C(C4)CC46c7c8c9c%10c%11c%12c(c%13c%14c4c4c7c7c%15c8c8c9c9c%11c%11c%16c%12c%12c%13c%13c%14c%14c4c4c7c7c%15c%15c8c8c9c%11c9c%11c%16c%12c%12c%13c%13c%14c4c4c7c7c%15c8c9c8c%11c%12c%13c4c78)C%106C5)[C@H]3[C@]21C. The fraction of sp³-hybridized carbons (Fsp3) is 0.280. The zero-order valence-electron chi connectivity index (χ0n) is 51.5. The molecule has 14 aliphatic carbocycles. The van der Waals surface area contributed by atoms with Gasteiger partial charge in [-0.05, 0) is 463 Å². The van der Waals surface area contributed by atoms with Crippen molar-refractivity contribution in [3.05, 3.63) is 62.7 Å². The molecule has 0 aliphatic heterocycles. The number of rotatable bonds is 1. The minimum absolute atomic E-state index is 0.0542. The van der Waals surface area contributed by atoms with Gasteiger partial charge in [-0.25, -0.2) is 0 Å². The van der Waals surface area contributed by atoms with Crippen molar-refractivity contribution in [3.8, 4) is 0 Å². The lowest BCUT2D eigenvalue weighted by atomic mass is 9.19. The Bertz CT molecular complexity index is 8670. The number of nitrogens with one attached hydrogen (secondary N) is 1. The summed E-state index contributed by atoms with van der Waals surface area (Å²) >= 11 is 0. The van der Waals surface area contributed by atoms with Gasteiger partial charge >= 0.3 is 0 Å². The summed E-state index contributed by atoms with van der Waals surface area (Å²) in [5.74, 6) is 9.81. The molecule has 0 unspecified atom stereocenters. The van der Waals surface area contributed by atoms with Crippen molar-refractivity contribution in [2.24, 2.45) is 70.0 Å². The van der Waals surface area contributed by atoms with E-state index >= 15 is 0 Å². The zero-order chi connectivity index (χ0) is 57.7. The lowest BCUT2D eigenvalue weighted by molar-refractivity contribution is -0.373. The molecule has 2 heteroatoms. The van der Waals surface area contributed by atoms with Gasteiger partial charge in [0.05, 0.1) is 0 Å². The molecule has 2 spiro atoms. The maximum Gasteiger partial charge on any atom is 0.221 e. The number of amides is 1. The van der Waals surface area contributed by atoms with Crippen LogP contribution in [0.2, 0.25) is 0 Å². The summed E-state index contributed by atoms with van der Waals surface area (Å²) in [6.45, 7) is 7.49. The zero-order valence-corrected chi connectivity index (χ0v) is 51.5. The van der Waals surface area contributed by atoms with Gasteiger partial charge in [-0.15, -0.1) is 0 Å².